The molecule has 1 aliphatic heterocycles. The smallest absolute Gasteiger partial charge is 0.291 e. The van der Waals surface area contributed by atoms with Gasteiger partial charge in [-0.1, -0.05) is 11.3 Å². The summed E-state index contributed by atoms with van der Waals surface area (Å²) < 4.78 is 55.0. The first-order chi connectivity index (χ1) is 15.7. The summed E-state index contributed by atoms with van der Waals surface area (Å²) in [5, 5.41) is 11.0. The Bertz CT molecular complexity index is 1310. The van der Waals surface area contributed by atoms with Crippen molar-refractivity contribution >= 4 is 38.2 Å². The van der Waals surface area contributed by atoms with Crippen LogP contribution in [-0.2, 0) is 10.0 Å². The van der Waals surface area contributed by atoms with Gasteiger partial charge < -0.3 is 10.2 Å². The third kappa shape index (κ3) is 4.42. The molecule has 13 heteroatoms. The van der Waals surface area contributed by atoms with Gasteiger partial charge in [0.15, 0.2) is 10.0 Å². The summed E-state index contributed by atoms with van der Waals surface area (Å²) in [7, 11) is -3.77. The van der Waals surface area contributed by atoms with Gasteiger partial charge in [0, 0.05) is 36.6 Å². The summed E-state index contributed by atoms with van der Waals surface area (Å²) in [5.41, 5.74) is 0.367. The van der Waals surface area contributed by atoms with E-state index in [1.807, 2.05) is 18.7 Å². The standard InChI is InChI=1S/C20H23F2N7O2S2/c1-11-10-23-7-8-29(11)19-24-14-4-3-12(33(30,31)28-20(2)5-6-20)9-13(14)15(25-19)17-26-27-18(32-17)16(21)22/h3-4,9,11,16,23,28H,5-8,10H2,1-2H3/t11-/m0/s1. The molecule has 0 spiro atoms. The molecule has 1 saturated heterocycles. The molecule has 0 radical (unpaired) electrons. The molecule has 3 heterocycles. The van der Waals surface area contributed by atoms with Gasteiger partial charge in [0.1, 0.15) is 5.69 Å². The van der Waals surface area contributed by atoms with Crippen LogP contribution in [0.4, 0.5) is 14.7 Å². The zero-order valence-corrected chi connectivity index (χ0v) is 19.7. The molecule has 1 atom stereocenters. The van der Waals surface area contributed by atoms with Crippen LogP contribution in [0.2, 0.25) is 0 Å². The topological polar surface area (TPSA) is 113 Å². The largest absolute Gasteiger partial charge is 0.336 e. The highest BCUT2D eigenvalue weighted by atomic mass is 32.2. The molecule has 0 unspecified atom stereocenters. The Morgan fingerprint density at radius 1 is 1.27 bits per heavy atom. The number of alkyl halides is 2. The van der Waals surface area contributed by atoms with E-state index in [0.717, 1.165) is 37.3 Å². The summed E-state index contributed by atoms with van der Waals surface area (Å²) in [5.74, 6) is 0.444. The van der Waals surface area contributed by atoms with E-state index in [4.69, 9.17) is 0 Å². The number of benzene rings is 1. The molecule has 0 bridgehead atoms. The first kappa shape index (κ1) is 22.4. The summed E-state index contributed by atoms with van der Waals surface area (Å²) >= 11 is 0.740. The molecule has 1 aromatic carbocycles. The van der Waals surface area contributed by atoms with E-state index in [9.17, 15) is 17.2 Å². The Morgan fingerprint density at radius 2 is 2.06 bits per heavy atom. The van der Waals surface area contributed by atoms with Crippen LogP contribution in [-0.4, -0.2) is 59.8 Å². The van der Waals surface area contributed by atoms with Crippen LogP contribution in [0.5, 0.6) is 0 Å². The molecule has 0 amide bonds. The number of hydrogen-bond acceptors (Lipinski definition) is 9. The molecule has 1 aliphatic carbocycles. The summed E-state index contributed by atoms with van der Waals surface area (Å²) in [6.45, 7) is 6.09. The molecule has 2 aromatic heterocycles. The number of halogens is 2. The molecule has 2 N–H and O–H groups in total. The average molecular weight is 496 g/mol. The minimum absolute atomic E-state index is 0.0647. The van der Waals surface area contributed by atoms with Crippen LogP contribution < -0.4 is 14.9 Å². The van der Waals surface area contributed by atoms with Crippen molar-refractivity contribution < 1.29 is 17.2 Å². The summed E-state index contributed by atoms with van der Waals surface area (Å²) in [4.78, 5) is 11.4. The number of rotatable bonds is 6. The molecule has 2 fully saturated rings. The fraction of sp³-hybridized carbons (Fsp3) is 0.500. The quantitative estimate of drug-likeness (QED) is 0.537. The van der Waals surface area contributed by atoms with Crippen LogP contribution in [0.3, 0.4) is 0 Å². The van der Waals surface area contributed by atoms with Gasteiger partial charge in [0.05, 0.1) is 10.4 Å². The molecule has 33 heavy (non-hydrogen) atoms. The van der Waals surface area contributed by atoms with Crippen molar-refractivity contribution in [2.75, 3.05) is 24.5 Å². The second-order valence-electron chi connectivity index (χ2n) is 8.71. The number of aromatic nitrogens is 4. The average Bonchev–Trinajstić information content (AvgIpc) is 3.28. The molecule has 176 valence electrons. The Morgan fingerprint density at radius 3 is 2.73 bits per heavy atom. The fourth-order valence-electron chi connectivity index (χ4n) is 3.78. The van der Waals surface area contributed by atoms with Gasteiger partial charge in [-0.3, -0.25) is 0 Å². The van der Waals surface area contributed by atoms with E-state index in [0.29, 0.717) is 29.1 Å². The monoisotopic (exact) mass is 495 g/mol. The number of nitrogens with one attached hydrogen (secondary N) is 2. The van der Waals surface area contributed by atoms with Gasteiger partial charge in [0.25, 0.3) is 6.43 Å². The highest BCUT2D eigenvalue weighted by Crippen LogP contribution is 2.37. The van der Waals surface area contributed by atoms with Crippen LogP contribution in [0, 0.1) is 0 Å². The zero-order valence-electron chi connectivity index (χ0n) is 18.0. The number of nitrogens with zero attached hydrogens (tertiary/aromatic N) is 5. The predicted molar refractivity (Wildman–Crippen MR) is 121 cm³/mol. The van der Waals surface area contributed by atoms with E-state index in [-0.39, 0.29) is 15.9 Å². The highest BCUT2D eigenvalue weighted by Gasteiger charge is 2.41. The highest BCUT2D eigenvalue weighted by molar-refractivity contribution is 7.89. The van der Waals surface area contributed by atoms with Crippen molar-refractivity contribution in [3.8, 4) is 10.7 Å². The third-order valence-electron chi connectivity index (χ3n) is 5.93. The number of anilines is 1. The zero-order chi connectivity index (χ0) is 23.4. The van der Waals surface area contributed by atoms with Gasteiger partial charge in [-0.25, -0.2) is 31.9 Å². The van der Waals surface area contributed by atoms with Crippen molar-refractivity contribution in [2.24, 2.45) is 0 Å². The molecular formula is C20H23F2N7O2S2. The summed E-state index contributed by atoms with van der Waals surface area (Å²) in [6, 6.07) is 4.73. The van der Waals surface area contributed by atoms with Crippen LogP contribution in [0.1, 0.15) is 38.1 Å². The molecule has 3 aromatic rings. The van der Waals surface area contributed by atoms with Crippen molar-refractivity contribution in [1.29, 1.82) is 0 Å². The minimum atomic E-state index is -3.77. The lowest BCUT2D eigenvalue weighted by Gasteiger charge is -2.34. The molecule has 9 nitrogen and oxygen atoms in total. The molecule has 5 rings (SSSR count). The molecule has 2 aliphatic rings. The molecule has 1 saturated carbocycles. The van der Waals surface area contributed by atoms with Crippen molar-refractivity contribution in [1.82, 2.24) is 30.2 Å². The van der Waals surface area contributed by atoms with Crippen LogP contribution in [0.15, 0.2) is 23.1 Å². The van der Waals surface area contributed by atoms with E-state index in [1.54, 1.807) is 6.07 Å². The van der Waals surface area contributed by atoms with Crippen molar-refractivity contribution in [2.45, 2.75) is 49.6 Å². The maximum Gasteiger partial charge on any atom is 0.291 e. The van der Waals surface area contributed by atoms with E-state index in [2.05, 4.69) is 30.2 Å². The number of piperazine rings is 1. The Balaban J connectivity index is 1.66. The Kier molecular flexibility index (Phi) is 5.54. The maximum atomic E-state index is 13.2. The SMILES string of the molecule is C[C@H]1CNCCN1c1nc(-c2nnc(C(F)F)s2)c2cc(S(=O)(=O)NC3(C)CC3)ccc2n1. The first-order valence-electron chi connectivity index (χ1n) is 10.6. The minimum Gasteiger partial charge on any atom is -0.336 e. The predicted octanol–water partition coefficient (Wildman–Crippen LogP) is 2.71. The van der Waals surface area contributed by atoms with Crippen LogP contribution in [0.25, 0.3) is 21.6 Å². The fourth-order valence-corrected chi connectivity index (χ4v) is 5.98. The van der Waals surface area contributed by atoms with Gasteiger partial charge in [-0.2, -0.15) is 0 Å². The van der Waals surface area contributed by atoms with Crippen molar-refractivity contribution in [3.05, 3.63) is 23.2 Å². The lowest BCUT2D eigenvalue weighted by Crippen LogP contribution is -2.50. The normalized spacial score (nSPS) is 20.5. The van der Waals surface area contributed by atoms with Gasteiger partial charge in [-0.15, -0.1) is 10.2 Å². The van der Waals surface area contributed by atoms with Crippen molar-refractivity contribution in [3.63, 3.8) is 0 Å². The maximum absolute atomic E-state index is 13.2. The lowest BCUT2D eigenvalue weighted by molar-refractivity contribution is 0.150. The second-order valence-corrected chi connectivity index (χ2v) is 11.4. The van der Waals surface area contributed by atoms with E-state index in [1.165, 1.54) is 12.1 Å². The van der Waals surface area contributed by atoms with Gasteiger partial charge in [-0.05, 0) is 44.9 Å². The Labute approximate surface area is 193 Å². The third-order valence-corrected chi connectivity index (χ3v) is 8.51. The summed E-state index contributed by atoms with van der Waals surface area (Å²) in [6.07, 6.45) is -1.19. The van der Waals surface area contributed by atoms with Crippen LogP contribution >= 0.6 is 11.3 Å². The second kappa shape index (κ2) is 8.15. The lowest BCUT2D eigenvalue weighted by atomic mass is 10.2. The van der Waals surface area contributed by atoms with E-state index < -0.39 is 27.0 Å². The molecular weight excluding hydrogens is 472 g/mol. The van der Waals surface area contributed by atoms with Gasteiger partial charge in [0.2, 0.25) is 16.0 Å². The number of sulfonamides is 1. The number of hydrogen-bond donors (Lipinski definition) is 2. The Hall–Kier alpha value is -2.35. The van der Waals surface area contributed by atoms with E-state index >= 15 is 0 Å². The van der Waals surface area contributed by atoms with Gasteiger partial charge >= 0.3 is 0 Å². The first-order valence-corrected chi connectivity index (χ1v) is 12.9. The number of fused-ring (bicyclic) bond motifs is 1.